The summed E-state index contributed by atoms with van der Waals surface area (Å²) in [6.45, 7) is 15.8. The Bertz CT molecular complexity index is 741. The van der Waals surface area contributed by atoms with Crippen molar-refractivity contribution < 1.29 is 18.8 Å². The molecule has 28 heavy (non-hydrogen) atoms. The molecule has 0 unspecified atom stereocenters. The molecular weight excluding hydrogens is 355 g/mol. The van der Waals surface area contributed by atoms with Crippen molar-refractivity contribution in [3.05, 3.63) is 23.8 Å². The van der Waals surface area contributed by atoms with Crippen LogP contribution in [0.25, 0.3) is 0 Å². The largest absolute Gasteiger partial charge is 0.494 e. The van der Waals surface area contributed by atoms with Gasteiger partial charge in [-0.1, -0.05) is 12.1 Å². The Kier molecular flexibility index (Phi) is 5.22. The molecule has 1 aromatic carbocycles. The van der Waals surface area contributed by atoms with Crippen LogP contribution in [0.2, 0.25) is 0 Å². The van der Waals surface area contributed by atoms with Gasteiger partial charge < -0.3 is 23.8 Å². The van der Waals surface area contributed by atoms with E-state index in [1.165, 1.54) is 0 Å². The molecule has 7 heteroatoms. The number of likely N-dealkylation sites (N-methyl/N-ethyl adjacent to an activating group) is 1. The first kappa shape index (κ1) is 21.0. The molecule has 1 fully saturated rings. The minimum Gasteiger partial charge on any atom is -0.444 e. The second-order valence-electron chi connectivity index (χ2n) is 9.80. The summed E-state index contributed by atoms with van der Waals surface area (Å²) in [6.07, 6.45) is -0.274. The second kappa shape index (κ2) is 6.96. The average Bonchev–Trinajstić information content (AvgIpc) is 2.67. The standard InChI is InChI=1S/C21H33BN2O4/c1-19(2,3)26-18(25)24-12-11-23(8)17-13-16(10-9-15(17)14-24)22-27-20(4,5)21(6,7)28-22/h9-10,13H,11-12,14H2,1-8H3. The molecule has 0 radical (unpaired) electrons. The van der Waals surface area contributed by atoms with E-state index in [0.29, 0.717) is 13.1 Å². The molecule has 1 amide bonds. The first-order chi connectivity index (χ1) is 12.8. The van der Waals surface area contributed by atoms with Gasteiger partial charge in [0.25, 0.3) is 0 Å². The summed E-state index contributed by atoms with van der Waals surface area (Å²) in [5.74, 6) is 0. The number of anilines is 1. The summed E-state index contributed by atoms with van der Waals surface area (Å²) in [6, 6.07) is 6.22. The Morgan fingerprint density at radius 3 is 2.29 bits per heavy atom. The predicted molar refractivity (Wildman–Crippen MR) is 112 cm³/mol. The summed E-state index contributed by atoms with van der Waals surface area (Å²) in [7, 11) is 1.65. The maximum Gasteiger partial charge on any atom is 0.494 e. The van der Waals surface area contributed by atoms with Crippen molar-refractivity contribution in [2.75, 3.05) is 25.0 Å². The van der Waals surface area contributed by atoms with Crippen molar-refractivity contribution in [1.82, 2.24) is 4.90 Å². The lowest BCUT2D eigenvalue weighted by molar-refractivity contribution is 0.00578. The lowest BCUT2D eigenvalue weighted by Gasteiger charge is -2.32. The summed E-state index contributed by atoms with van der Waals surface area (Å²) in [5.41, 5.74) is 1.94. The Labute approximate surface area is 169 Å². The van der Waals surface area contributed by atoms with E-state index in [-0.39, 0.29) is 17.3 Å². The number of fused-ring (bicyclic) bond motifs is 1. The molecule has 0 aliphatic carbocycles. The molecule has 0 bridgehead atoms. The number of carbonyl (C=O) groups is 1. The van der Waals surface area contributed by atoms with Crippen LogP contribution >= 0.6 is 0 Å². The van der Waals surface area contributed by atoms with Crippen molar-refractivity contribution in [3.63, 3.8) is 0 Å². The van der Waals surface area contributed by atoms with Gasteiger partial charge in [0.05, 0.1) is 17.7 Å². The molecule has 154 valence electrons. The molecule has 0 atom stereocenters. The Balaban J connectivity index is 1.83. The number of benzene rings is 1. The van der Waals surface area contributed by atoms with Gasteiger partial charge in [0.15, 0.2) is 0 Å². The molecule has 6 nitrogen and oxygen atoms in total. The van der Waals surface area contributed by atoms with Crippen molar-refractivity contribution in [2.45, 2.75) is 71.8 Å². The highest BCUT2D eigenvalue weighted by Gasteiger charge is 2.51. The molecule has 0 N–H and O–H groups in total. The van der Waals surface area contributed by atoms with E-state index < -0.39 is 12.7 Å². The van der Waals surface area contributed by atoms with Crippen molar-refractivity contribution in [2.24, 2.45) is 0 Å². The van der Waals surface area contributed by atoms with Gasteiger partial charge in [0, 0.05) is 25.8 Å². The van der Waals surface area contributed by atoms with E-state index in [1.807, 2.05) is 33.9 Å². The van der Waals surface area contributed by atoms with Gasteiger partial charge in [-0.2, -0.15) is 0 Å². The lowest BCUT2D eigenvalue weighted by atomic mass is 9.78. The van der Waals surface area contributed by atoms with Gasteiger partial charge in [-0.15, -0.1) is 0 Å². The minimum absolute atomic E-state index is 0.274. The number of rotatable bonds is 1. The first-order valence-electron chi connectivity index (χ1n) is 9.97. The van der Waals surface area contributed by atoms with E-state index in [1.54, 1.807) is 4.90 Å². The highest BCUT2D eigenvalue weighted by atomic mass is 16.7. The fraction of sp³-hybridized carbons (Fsp3) is 0.667. The number of amides is 1. The highest BCUT2D eigenvalue weighted by molar-refractivity contribution is 6.62. The minimum atomic E-state index is -0.501. The number of ether oxygens (including phenoxy) is 1. The van der Waals surface area contributed by atoms with E-state index in [2.05, 4.69) is 44.7 Å². The first-order valence-corrected chi connectivity index (χ1v) is 9.97. The van der Waals surface area contributed by atoms with Crippen LogP contribution in [0.1, 0.15) is 54.0 Å². The molecule has 2 aliphatic heterocycles. The summed E-state index contributed by atoms with van der Waals surface area (Å²) in [5, 5.41) is 0. The van der Waals surface area contributed by atoms with Crippen LogP contribution in [-0.4, -0.2) is 55.1 Å². The van der Waals surface area contributed by atoms with E-state index in [9.17, 15) is 4.79 Å². The number of hydrogen-bond acceptors (Lipinski definition) is 5. The fourth-order valence-electron chi connectivity index (χ4n) is 3.35. The molecule has 2 heterocycles. The van der Waals surface area contributed by atoms with Crippen molar-refractivity contribution >= 4 is 24.4 Å². The van der Waals surface area contributed by atoms with Crippen LogP contribution in [-0.2, 0) is 20.6 Å². The van der Waals surface area contributed by atoms with E-state index in [0.717, 1.165) is 23.3 Å². The third-order valence-corrected chi connectivity index (χ3v) is 5.76. The van der Waals surface area contributed by atoms with Gasteiger partial charge >= 0.3 is 13.2 Å². The number of hydrogen-bond donors (Lipinski definition) is 0. The molecule has 3 rings (SSSR count). The Morgan fingerprint density at radius 2 is 1.71 bits per heavy atom. The van der Waals surface area contributed by atoms with E-state index in [4.69, 9.17) is 14.0 Å². The molecular formula is C21H33BN2O4. The van der Waals surface area contributed by atoms with Gasteiger partial charge in [0.1, 0.15) is 5.60 Å². The zero-order valence-electron chi connectivity index (χ0n) is 18.5. The zero-order chi connectivity index (χ0) is 20.9. The zero-order valence-corrected chi connectivity index (χ0v) is 18.5. The summed E-state index contributed by atoms with van der Waals surface area (Å²) >= 11 is 0. The maximum atomic E-state index is 12.5. The predicted octanol–water partition coefficient (Wildman–Crippen LogP) is 3.17. The van der Waals surface area contributed by atoms with Crippen molar-refractivity contribution in [1.29, 1.82) is 0 Å². The molecule has 1 saturated heterocycles. The monoisotopic (exact) mass is 388 g/mol. The summed E-state index contributed by atoms with van der Waals surface area (Å²) < 4.78 is 18.0. The van der Waals surface area contributed by atoms with Gasteiger partial charge in [0.2, 0.25) is 0 Å². The number of carbonyl (C=O) groups excluding carboxylic acids is 1. The topological polar surface area (TPSA) is 51.2 Å². The van der Waals surface area contributed by atoms with Crippen LogP contribution in [0.3, 0.4) is 0 Å². The highest BCUT2D eigenvalue weighted by Crippen LogP contribution is 2.37. The third-order valence-electron chi connectivity index (χ3n) is 5.76. The number of nitrogens with zero attached hydrogens (tertiary/aromatic N) is 2. The Morgan fingerprint density at radius 1 is 1.11 bits per heavy atom. The average molecular weight is 388 g/mol. The summed E-state index contributed by atoms with van der Waals surface area (Å²) in [4.78, 5) is 16.5. The van der Waals surface area contributed by atoms with Crippen LogP contribution in [0.5, 0.6) is 0 Å². The quantitative estimate of drug-likeness (QED) is 0.692. The third kappa shape index (κ3) is 4.15. The van der Waals surface area contributed by atoms with E-state index >= 15 is 0 Å². The van der Waals surface area contributed by atoms with Crippen LogP contribution in [0.4, 0.5) is 10.5 Å². The van der Waals surface area contributed by atoms with Gasteiger partial charge in [-0.05, 0) is 65.6 Å². The SMILES string of the molecule is CN1CCN(C(=O)OC(C)(C)C)Cc2ccc(B3OC(C)(C)C(C)(C)O3)cc21. The Hall–Kier alpha value is -1.73. The lowest BCUT2D eigenvalue weighted by Crippen LogP contribution is -2.41. The normalized spacial score (nSPS) is 21.4. The molecule has 1 aromatic rings. The molecule has 0 spiro atoms. The maximum absolute atomic E-state index is 12.5. The molecule has 0 saturated carbocycles. The van der Waals surface area contributed by atoms with Crippen LogP contribution in [0.15, 0.2) is 18.2 Å². The second-order valence-corrected chi connectivity index (χ2v) is 9.80. The van der Waals surface area contributed by atoms with Gasteiger partial charge in [-0.3, -0.25) is 0 Å². The molecule has 0 aromatic heterocycles. The smallest absolute Gasteiger partial charge is 0.444 e. The molecule has 2 aliphatic rings. The van der Waals surface area contributed by atoms with Crippen LogP contribution in [0, 0.1) is 0 Å². The van der Waals surface area contributed by atoms with Crippen molar-refractivity contribution in [3.8, 4) is 0 Å². The van der Waals surface area contributed by atoms with Crippen LogP contribution < -0.4 is 10.4 Å². The van der Waals surface area contributed by atoms with Gasteiger partial charge in [-0.25, -0.2) is 4.79 Å². The fourth-order valence-corrected chi connectivity index (χ4v) is 3.35.